The first-order valence-corrected chi connectivity index (χ1v) is 6.32. The first kappa shape index (κ1) is 14.8. The highest BCUT2D eigenvalue weighted by atomic mass is 16.4. The van der Waals surface area contributed by atoms with Crippen LogP contribution in [0.3, 0.4) is 0 Å². The molecule has 0 radical (unpaired) electrons. The number of rotatable bonds is 5. The molecular weight excluding hydrogens is 236 g/mol. The van der Waals surface area contributed by atoms with Gasteiger partial charge in [0, 0.05) is 31.7 Å². The van der Waals surface area contributed by atoms with E-state index in [-0.39, 0.29) is 36.9 Å². The van der Waals surface area contributed by atoms with Gasteiger partial charge in [0.25, 0.3) is 0 Å². The van der Waals surface area contributed by atoms with E-state index in [4.69, 9.17) is 10.2 Å². The summed E-state index contributed by atoms with van der Waals surface area (Å²) >= 11 is 0. The van der Waals surface area contributed by atoms with E-state index in [1.54, 1.807) is 4.90 Å². The zero-order valence-corrected chi connectivity index (χ0v) is 10.9. The second kappa shape index (κ2) is 6.58. The number of amides is 2. The van der Waals surface area contributed by atoms with Crippen LogP contribution in [0.2, 0.25) is 0 Å². The van der Waals surface area contributed by atoms with E-state index >= 15 is 0 Å². The summed E-state index contributed by atoms with van der Waals surface area (Å²) in [5.41, 5.74) is 0. The number of aliphatic hydroxyl groups excluding tert-OH is 1. The Morgan fingerprint density at radius 2 is 2.11 bits per heavy atom. The summed E-state index contributed by atoms with van der Waals surface area (Å²) in [6.45, 7) is 5.02. The van der Waals surface area contributed by atoms with Crippen LogP contribution in [0.5, 0.6) is 0 Å². The van der Waals surface area contributed by atoms with Crippen LogP contribution < -0.4 is 5.32 Å². The van der Waals surface area contributed by atoms with Gasteiger partial charge in [-0.3, -0.25) is 4.79 Å². The molecule has 1 saturated heterocycles. The summed E-state index contributed by atoms with van der Waals surface area (Å²) in [6.07, 6.45) is 0.732. The standard InChI is InChI=1S/C12H22N2O4/c1-8(2)10(5-11(16)17)13-12(18)14-4-3-9(6-14)7-15/h8-10,15H,3-7H2,1-2H3,(H,13,18)(H,16,17). The van der Waals surface area contributed by atoms with Crippen molar-refractivity contribution in [1.82, 2.24) is 10.2 Å². The molecule has 1 rings (SSSR count). The number of aliphatic carboxylic acids is 1. The predicted molar refractivity (Wildman–Crippen MR) is 66.2 cm³/mol. The van der Waals surface area contributed by atoms with Crippen LogP contribution in [-0.2, 0) is 4.79 Å². The average Bonchev–Trinajstić information content (AvgIpc) is 2.75. The third kappa shape index (κ3) is 4.18. The maximum absolute atomic E-state index is 11.9. The summed E-state index contributed by atoms with van der Waals surface area (Å²) in [5.74, 6) is -0.697. The molecule has 6 heteroatoms. The molecule has 6 nitrogen and oxygen atoms in total. The molecule has 1 heterocycles. The topological polar surface area (TPSA) is 89.9 Å². The van der Waals surface area contributed by atoms with Crippen LogP contribution >= 0.6 is 0 Å². The highest BCUT2D eigenvalue weighted by Gasteiger charge is 2.28. The lowest BCUT2D eigenvalue weighted by Gasteiger charge is -2.24. The molecule has 1 aliphatic rings. The molecule has 18 heavy (non-hydrogen) atoms. The van der Waals surface area contributed by atoms with Gasteiger partial charge >= 0.3 is 12.0 Å². The molecule has 0 aromatic rings. The molecule has 2 amide bonds. The molecule has 1 aliphatic heterocycles. The highest BCUT2D eigenvalue weighted by molar-refractivity contribution is 5.76. The Morgan fingerprint density at radius 3 is 2.56 bits per heavy atom. The molecule has 0 aromatic heterocycles. The van der Waals surface area contributed by atoms with Crippen LogP contribution in [0.4, 0.5) is 4.79 Å². The zero-order valence-electron chi connectivity index (χ0n) is 10.9. The molecule has 2 unspecified atom stereocenters. The number of carbonyl (C=O) groups is 2. The highest BCUT2D eigenvalue weighted by Crippen LogP contribution is 2.16. The molecular formula is C12H22N2O4. The normalized spacial score (nSPS) is 21.1. The lowest BCUT2D eigenvalue weighted by molar-refractivity contribution is -0.137. The van der Waals surface area contributed by atoms with E-state index < -0.39 is 5.97 Å². The number of nitrogens with one attached hydrogen (secondary N) is 1. The predicted octanol–water partition coefficient (Wildman–Crippen LogP) is 0.510. The van der Waals surface area contributed by atoms with Crippen LogP contribution in [0.25, 0.3) is 0 Å². The Kier molecular flexibility index (Phi) is 5.40. The van der Waals surface area contributed by atoms with E-state index in [1.165, 1.54) is 0 Å². The van der Waals surface area contributed by atoms with Gasteiger partial charge in [-0.1, -0.05) is 13.8 Å². The minimum absolute atomic E-state index is 0.0688. The molecule has 0 aliphatic carbocycles. The number of hydrogen-bond acceptors (Lipinski definition) is 3. The Hall–Kier alpha value is -1.30. The lowest BCUT2D eigenvalue weighted by Crippen LogP contribution is -2.46. The van der Waals surface area contributed by atoms with Gasteiger partial charge in [0.2, 0.25) is 0 Å². The molecule has 2 atom stereocenters. The zero-order chi connectivity index (χ0) is 13.7. The molecule has 0 bridgehead atoms. The number of hydrogen-bond donors (Lipinski definition) is 3. The maximum atomic E-state index is 11.9. The SMILES string of the molecule is CC(C)C(CC(=O)O)NC(=O)N1CCC(CO)C1. The number of carboxylic acids is 1. The molecule has 3 N–H and O–H groups in total. The van der Waals surface area contributed by atoms with E-state index in [0.717, 1.165) is 6.42 Å². The van der Waals surface area contributed by atoms with Crippen molar-refractivity contribution in [2.45, 2.75) is 32.7 Å². The maximum Gasteiger partial charge on any atom is 0.317 e. The Morgan fingerprint density at radius 1 is 1.44 bits per heavy atom. The van der Waals surface area contributed by atoms with Gasteiger partial charge in [-0.05, 0) is 12.3 Å². The van der Waals surface area contributed by atoms with Crippen molar-refractivity contribution in [2.24, 2.45) is 11.8 Å². The minimum Gasteiger partial charge on any atom is -0.481 e. The average molecular weight is 258 g/mol. The number of aliphatic hydroxyl groups is 1. The lowest BCUT2D eigenvalue weighted by atomic mass is 10.0. The summed E-state index contributed by atoms with van der Waals surface area (Å²) in [7, 11) is 0. The Bertz CT molecular complexity index is 306. The van der Waals surface area contributed by atoms with E-state index in [0.29, 0.717) is 13.1 Å². The van der Waals surface area contributed by atoms with Gasteiger partial charge in [0.15, 0.2) is 0 Å². The number of carbonyl (C=O) groups excluding carboxylic acids is 1. The van der Waals surface area contributed by atoms with E-state index in [9.17, 15) is 9.59 Å². The fourth-order valence-corrected chi connectivity index (χ4v) is 2.06. The molecule has 104 valence electrons. The fourth-order valence-electron chi connectivity index (χ4n) is 2.06. The van der Waals surface area contributed by atoms with Crippen molar-refractivity contribution in [3.63, 3.8) is 0 Å². The number of urea groups is 1. The molecule has 0 aromatic carbocycles. The number of likely N-dealkylation sites (tertiary alicyclic amines) is 1. The van der Waals surface area contributed by atoms with Crippen molar-refractivity contribution in [3.05, 3.63) is 0 Å². The van der Waals surface area contributed by atoms with Gasteiger partial charge < -0.3 is 20.4 Å². The molecule has 0 spiro atoms. The minimum atomic E-state index is -0.913. The molecule has 1 fully saturated rings. The van der Waals surface area contributed by atoms with Crippen molar-refractivity contribution >= 4 is 12.0 Å². The number of carboxylic acid groups (broad SMARTS) is 1. The third-order valence-electron chi connectivity index (χ3n) is 3.34. The number of nitrogens with zero attached hydrogens (tertiary/aromatic N) is 1. The van der Waals surface area contributed by atoms with E-state index in [2.05, 4.69) is 5.32 Å². The van der Waals surface area contributed by atoms with Crippen molar-refractivity contribution in [1.29, 1.82) is 0 Å². The fraction of sp³-hybridized carbons (Fsp3) is 0.833. The summed E-state index contributed by atoms with van der Waals surface area (Å²) < 4.78 is 0. The van der Waals surface area contributed by atoms with Gasteiger partial charge in [0.05, 0.1) is 6.42 Å². The third-order valence-corrected chi connectivity index (χ3v) is 3.34. The van der Waals surface area contributed by atoms with Crippen LogP contribution in [-0.4, -0.2) is 52.9 Å². The summed E-state index contributed by atoms with van der Waals surface area (Å²) in [6, 6.07) is -0.589. The Balaban J connectivity index is 2.48. The van der Waals surface area contributed by atoms with Gasteiger partial charge in [0.1, 0.15) is 0 Å². The first-order chi connectivity index (χ1) is 8.43. The quantitative estimate of drug-likeness (QED) is 0.670. The van der Waals surface area contributed by atoms with Gasteiger partial charge in [-0.25, -0.2) is 4.79 Å². The monoisotopic (exact) mass is 258 g/mol. The second-order valence-electron chi connectivity index (χ2n) is 5.18. The van der Waals surface area contributed by atoms with Gasteiger partial charge in [-0.2, -0.15) is 0 Å². The van der Waals surface area contributed by atoms with Crippen molar-refractivity contribution in [2.75, 3.05) is 19.7 Å². The smallest absolute Gasteiger partial charge is 0.317 e. The van der Waals surface area contributed by atoms with Crippen LogP contribution in [0, 0.1) is 11.8 Å². The van der Waals surface area contributed by atoms with Crippen LogP contribution in [0.1, 0.15) is 26.7 Å². The van der Waals surface area contributed by atoms with Crippen LogP contribution in [0.15, 0.2) is 0 Å². The van der Waals surface area contributed by atoms with E-state index in [1.807, 2.05) is 13.8 Å². The largest absolute Gasteiger partial charge is 0.481 e. The second-order valence-corrected chi connectivity index (χ2v) is 5.18. The summed E-state index contributed by atoms with van der Waals surface area (Å²) in [4.78, 5) is 24.3. The van der Waals surface area contributed by atoms with Gasteiger partial charge in [-0.15, -0.1) is 0 Å². The van der Waals surface area contributed by atoms with Crippen molar-refractivity contribution in [3.8, 4) is 0 Å². The van der Waals surface area contributed by atoms with Crippen molar-refractivity contribution < 1.29 is 19.8 Å². The Labute approximate surface area is 107 Å². The summed E-state index contributed by atoms with van der Waals surface area (Å²) in [5, 5.41) is 20.6. The first-order valence-electron chi connectivity index (χ1n) is 6.32. The molecule has 0 saturated carbocycles.